The molecule has 7 heteroatoms. The normalized spacial score (nSPS) is 11.1. The second-order valence-corrected chi connectivity index (χ2v) is 8.31. The number of hydrogen-bond donors (Lipinski definition) is 2. The highest BCUT2D eigenvalue weighted by molar-refractivity contribution is 8.01. The molecule has 0 aliphatic rings. The summed E-state index contributed by atoms with van der Waals surface area (Å²) >= 11 is 3.01. The standard InChI is InChI=1S/C20H17N3O2S2/c1-2-12-9-18(24)22-16-10-13(7-8-14(12)16)21-19(25)11-26-20-23-15-5-3-4-6-17(15)27-20/h3-10H,2,11H2,1H3,(H,21,25)(H,22,24). The Morgan fingerprint density at radius 3 is 2.89 bits per heavy atom. The number of rotatable bonds is 5. The van der Waals surface area contributed by atoms with Gasteiger partial charge in [-0.25, -0.2) is 4.98 Å². The summed E-state index contributed by atoms with van der Waals surface area (Å²) in [5.74, 6) is 0.177. The van der Waals surface area contributed by atoms with Gasteiger partial charge in [-0.1, -0.05) is 36.9 Å². The van der Waals surface area contributed by atoms with Crippen LogP contribution in [0.4, 0.5) is 5.69 Å². The van der Waals surface area contributed by atoms with Crippen LogP contribution in [0.25, 0.3) is 21.1 Å². The second-order valence-electron chi connectivity index (χ2n) is 6.06. The van der Waals surface area contributed by atoms with Crippen LogP contribution in [0.1, 0.15) is 12.5 Å². The zero-order valence-electron chi connectivity index (χ0n) is 14.6. The fourth-order valence-corrected chi connectivity index (χ4v) is 4.81. The van der Waals surface area contributed by atoms with E-state index in [1.54, 1.807) is 23.5 Å². The molecule has 0 saturated carbocycles. The number of pyridine rings is 1. The number of hydrogen-bond acceptors (Lipinski definition) is 5. The van der Waals surface area contributed by atoms with E-state index in [9.17, 15) is 9.59 Å². The predicted molar refractivity (Wildman–Crippen MR) is 113 cm³/mol. The molecule has 27 heavy (non-hydrogen) atoms. The maximum absolute atomic E-state index is 12.3. The van der Waals surface area contributed by atoms with Gasteiger partial charge in [0, 0.05) is 17.1 Å². The van der Waals surface area contributed by atoms with Gasteiger partial charge in [0.05, 0.1) is 21.5 Å². The van der Waals surface area contributed by atoms with E-state index in [4.69, 9.17) is 0 Å². The summed E-state index contributed by atoms with van der Waals surface area (Å²) in [4.78, 5) is 31.4. The molecular weight excluding hydrogens is 378 g/mol. The van der Waals surface area contributed by atoms with Gasteiger partial charge in [-0.2, -0.15) is 0 Å². The largest absolute Gasteiger partial charge is 0.325 e. The Hall–Kier alpha value is -2.64. The minimum absolute atomic E-state index is 0.104. The first-order valence-corrected chi connectivity index (χ1v) is 10.4. The number of aromatic nitrogens is 2. The van der Waals surface area contributed by atoms with Gasteiger partial charge in [-0.15, -0.1) is 11.3 Å². The van der Waals surface area contributed by atoms with E-state index in [0.29, 0.717) is 5.69 Å². The summed E-state index contributed by atoms with van der Waals surface area (Å²) < 4.78 is 1.99. The molecule has 0 aliphatic heterocycles. The van der Waals surface area contributed by atoms with Crippen LogP contribution in [0.2, 0.25) is 0 Å². The first-order valence-electron chi connectivity index (χ1n) is 8.56. The Labute approximate surface area is 163 Å². The van der Waals surface area contributed by atoms with E-state index in [-0.39, 0.29) is 17.2 Å². The number of anilines is 1. The molecule has 0 aliphatic carbocycles. The number of thiazole rings is 1. The van der Waals surface area contributed by atoms with Crippen molar-refractivity contribution in [2.24, 2.45) is 0 Å². The summed E-state index contributed by atoms with van der Waals surface area (Å²) in [5, 5.41) is 3.89. The molecule has 0 bridgehead atoms. The second kappa shape index (κ2) is 7.54. The topological polar surface area (TPSA) is 74.8 Å². The first kappa shape index (κ1) is 17.8. The summed E-state index contributed by atoms with van der Waals surface area (Å²) in [6.07, 6.45) is 0.783. The average molecular weight is 396 g/mol. The van der Waals surface area contributed by atoms with Crippen LogP contribution in [-0.2, 0) is 11.2 Å². The summed E-state index contributed by atoms with van der Waals surface area (Å²) in [5.41, 5.74) is 3.22. The van der Waals surface area contributed by atoms with E-state index >= 15 is 0 Å². The number of amides is 1. The number of nitrogens with zero attached hydrogens (tertiary/aromatic N) is 1. The summed E-state index contributed by atoms with van der Waals surface area (Å²) in [7, 11) is 0. The molecule has 0 atom stereocenters. The molecule has 4 rings (SSSR count). The van der Waals surface area contributed by atoms with Crippen LogP contribution in [0.15, 0.2) is 57.7 Å². The third-order valence-electron chi connectivity index (χ3n) is 4.19. The highest BCUT2D eigenvalue weighted by Crippen LogP contribution is 2.29. The van der Waals surface area contributed by atoms with Gasteiger partial charge < -0.3 is 10.3 Å². The lowest BCUT2D eigenvalue weighted by Crippen LogP contribution is -2.14. The number of H-pyrrole nitrogens is 1. The van der Waals surface area contributed by atoms with Crippen molar-refractivity contribution >= 4 is 55.8 Å². The Kier molecular flexibility index (Phi) is 4.96. The lowest BCUT2D eigenvalue weighted by atomic mass is 10.1. The fraction of sp³-hybridized carbons (Fsp3) is 0.150. The van der Waals surface area contributed by atoms with Gasteiger partial charge in [0.25, 0.3) is 0 Å². The van der Waals surface area contributed by atoms with Crippen molar-refractivity contribution in [2.75, 3.05) is 11.1 Å². The molecule has 2 aromatic carbocycles. The zero-order chi connectivity index (χ0) is 18.8. The molecule has 1 amide bonds. The maximum atomic E-state index is 12.3. The van der Waals surface area contributed by atoms with E-state index < -0.39 is 0 Å². The Morgan fingerprint density at radius 1 is 1.22 bits per heavy atom. The zero-order valence-corrected chi connectivity index (χ0v) is 16.2. The van der Waals surface area contributed by atoms with Crippen LogP contribution >= 0.6 is 23.1 Å². The maximum Gasteiger partial charge on any atom is 0.248 e. The molecule has 0 spiro atoms. The number of aryl methyl sites for hydroxylation is 1. The minimum Gasteiger partial charge on any atom is -0.325 e. The SMILES string of the molecule is CCc1cc(=O)[nH]c2cc(NC(=O)CSc3nc4ccccc4s3)ccc12. The van der Waals surface area contributed by atoms with E-state index in [1.807, 2.05) is 43.3 Å². The fourth-order valence-electron chi connectivity index (χ4n) is 2.94. The monoisotopic (exact) mass is 395 g/mol. The van der Waals surface area contributed by atoms with Crippen molar-refractivity contribution in [3.63, 3.8) is 0 Å². The van der Waals surface area contributed by atoms with E-state index in [2.05, 4.69) is 15.3 Å². The molecule has 136 valence electrons. The molecule has 2 aromatic heterocycles. The Morgan fingerprint density at radius 2 is 2.07 bits per heavy atom. The molecule has 0 radical (unpaired) electrons. The number of fused-ring (bicyclic) bond motifs is 2. The highest BCUT2D eigenvalue weighted by Gasteiger charge is 2.09. The predicted octanol–water partition coefficient (Wildman–Crippen LogP) is 4.43. The summed E-state index contributed by atoms with van der Waals surface area (Å²) in [6.45, 7) is 2.02. The third kappa shape index (κ3) is 3.89. The van der Waals surface area contributed by atoms with Crippen molar-refractivity contribution in [1.29, 1.82) is 0 Å². The van der Waals surface area contributed by atoms with Gasteiger partial charge >= 0.3 is 0 Å². The van der Waals surface area contributed by atoms with Crippen molar-refractivity contribution in [3.05, 3.63) is 64.4 Å². The van der Waals surface area contributed by atoms with Crippen molar-refractivity contribution in [3.8, 4) is 0 Å². The Bertz CT molecular complexity index is 1160. The first-order chi connectivity index (χ1) is 13.1. The van der Waals surface area contributed by atoms with Crippen molar-refractivity contribution in [2.45, 2.75) is 17.7 Å². The highest BCUT2D eigenvalue weighted by atomic mass is 32.2. The van der Waals surface area contributed by atoms with E-state index in [0.717, 1.165) is 37.4 Å². The lowest BCUT2D eigenvalue weighted by Gasteiger charge is -2.08. The molecular formula is C20H17N3O2S2. The lowest BCUT2D eigenvalue weighted by molar-refractivity contribution is -0.113. The van der Waals surface area contributed by atoms with Crippen LogP contribution in [0.5, 0.6) is 0 Å². The van der Waals surface area contributed by atoms with Crippen LogP contribution < -0.4 is 10.9 Å². The van der Waals surface area contributed by atoms with Crippen LogP contribution in [0, 0.1) is 0 Å². The molecule has 2 N–H and O–H groups in total. The van der Waals surface area contributed by atoms with Crippen molar-refractivity contribution < 1.29 is 4.79 Å². The van der Waals surface area contributed by atoms with Gasteiger partial charge in [0.2, 0.25) is 11.5 Å². The number of carbonyl (C=O) groups is 1. The minimum atomic E-state index is -0.130. The molecule has 0 unspecified atom stereocenters. The number of aromatic amines is 1. The molecule has 0 saturated heterocycles. The van der Waals surface area contributed by atoms with Gasteiger partial charge in [-0.05, 0) is 36.2 Å². The van der Waals surface area contributed by atoms with Crippen LogP contribution in [-0.4, -0.2) is 21.6 Å². The van der Waals surface area contributed by atoms with Gasteiger partial charge in [0.1, 0.15) is 0 Å². The number of carbonyl (C=O) groups excluding carboxylic acids is 1. The number of nitrogens with one attached hydrogen (secondary N) is 2. The molecule has 4 aromatic rings. The average Bonchev–Trinajstić information content (AvgIpc) is 3.08. The molecule has 2 heterocycles. The molecule has 0 fully saturated rings. The number of para-hydroxylation sites is 1. The quantitative estimate of drug-likeness (QED) is 0.490. The number of thioether (sulfide) groups is 1. The van der Waals surface area contributed by atoms with Crippen LogP contribution in [0.3, 0.4) is 0 Å². The Balaban J connectivity index is 1.46. The number of benzene rings is 2. The van der Waals surface area contributed by atoms with Gasteiger partial charge in [-0.3, -0.25) is 9.59 Å². The van der Waals surface area contributed by atoms with Crippen molar-refractivity contribution in [1.82, 2.24) is 9.97 Å². The third-order valence-corrected chi connectivity index (χ3v) is 6.37. The smallest absolute Gasteiger partial charge is 0.248 e. The summed E-state index contributed by atoms with van der Waals surface area (Å²) in [6, 6.07) is 15.1. The van der Waals surface area contributed by atoms with Gasteiger partial charge in [0.15, 0.2) is 4.34 Å². The molecule has 5 nitrogen and oxygen atoms in total. The van der Waals surface area contributed by atoms with E-state index in [1.165, 1.54) is 11.8 Å².